The average Bonchev–Trinajstić information content (AvgIpc) is 3.42. The minimum Gasteiger partial charge on any atom is -0.311 e. The summed E-state index contributed by atoms with van der Waals surface area (Å²) in [5.74, 6) is 0. The predicted octanol–water partition coefficient (Wildman–Crippen LogP) is 18.9. The van der Waals surface area contributed by atoms with E-state index in [1.165, 1.54) is 0 Å². The van der Waals surface area contributed by atoms with Crippen LogP contribution in [0.2, 0.25) is 0 Å². The molecule has 0 fully saturated rings. The van der Waals surface area contributed by atoms with Gasteiger partial charge in [-0.25, -0.2) is 0 Å². The van der Waals surface area contributed by atoms with E-state index in [4.69, 9.17) is 0 Å². The SMILES string of the molecule is C=C/C=C(\C=C)N(c1ccccc1)c1ccc(-c2c(-c3ccccc3)c(-c3ccccc3)c(-c3ccc(N(C(/C=C\C)=C/C=C)c4ccccc4)cc3)c(-c3ccccc3)c2-c2ccccc2)cc1. The van der Waals surface area contributed by atoms with Crippen molar-refractivity contribution in [3.05, 3.63) is 304 Å². The van der Waals surface area contributed by atoms with Crippen LogP contribution < -0.4 is 9.80 Å². The van der Waals surface area contributed by atoms with Crippen LogP contribution in [0.3, 0.4) is 0 Å². The summed E-state index contributed by atoms with van der Waals surface area (Å²) in [4.78, 5) is 4.50. The van der Waals surface area contributed by atoms with Gasteiger partial charge in [-0.1, -0.05) is 220 Å². The normalized spacial score (nSPS) is 11.6. The Balaban J connectivity index is 1.41. The topological polar surface area (TPSA) is 6.48 Å². The van der Waals surface area contributed by atoms with Gasteiger partial charge in [0.25, 0.3) is 0 Å². The highest BCUT2D eigenvalue weighted by molar-refractivity contribution is 6.15. The maximum atomic E-state index is 4.20. The number of allylic oxidation sites excluding steroid dienone is 7. The van der Waals surface area contributed by atoms with E-state index in [9.17, 15) is 0 Å². The zero-order valence-electron chi connectivity index (χ0n) is 39.0. The Bertz CT molecular complexity index is 3160. The molecule has 0 aliphatic heterocycles. The lowest BCUT2D eigenvalue weighted by Crippen LogP contribution is -2.15. The highest BCUT2D eigenvalue weighted by atomic mass is 15.2. The zero-order chi connectivity index (χ0) is 47.4. The third-order valence-corrected chi connectivity index (χ3v) is 12.2. The quantitative estimate of drug-likeness (QED) is 0.0892. The van der Waals surface area contributed by atoms with Gasteiger partial charge in [0.15, 0.2) is 0 Å². The second kappa shape index (κ2) is 21.5. The summed E-state index contributed by atoms with van der Waals surface area (Å²) in [6.45, 7) is 14.3. The van der Waals surface area contributed by atoms with Gasteiger partial charge in [-0.15, -0.1) is 0 Å². The van der Waals surface area contributed by atoms with E-state index in [1.54, 1.807) is 0 Å². The average molecular weight is 887 g/mol. The zero-order valence-corrected chi connectivity index (χ0v) is 39.0. The minimum absolute atomic E-state index is 0.925. The highest BCUT2D eigenvalue weighted by Gasteiger charge is 2.29. The lowest BCUT2D eigenvalue weighted by atomic mass is 9.74. The summed E-state index contributed by atoms with van der Waals surface area (Å²) in [7, 11) is 0. The van der Waals surface area contributed by atoms with Crippen LogP contribution in [-0.4, -0.2) is 0 Å². The number of nitrogens with zero attached hydrogens (tertiary/aromatic N) is 2. The molecule has 0 spiro atoms. The third kappa shape index (κ3) is 9.51. The summed E-state index contributed by atoms with van der Waals surface area (Å²) in [5.41, 5.74) is 19.7. The molecule has 9 aromatic rings. The van der Waals surface area contributed by atoms with Crippen LogP contribution >= 0.6 is 0 Å². The molecule has 2 nitrogen and oxygen atoms in total. The fourth-order valence-electron chi connectivity index (χ4n) is 9.35. The van der Waals surface area contributed by atoms with Gasteiger partial charge < -0.3 is 9.80 Å². The maximum absolute atomic E-state index is 4.20. The Morgan fingerprint density at radius 2 is 0.551 bits per heavy atom. The van der Waals surface area contributed by atoms with Crippen molar-refractivity contribution in [2.45, 2.75) is 6.92 Å². The van der Waals surface area contributed by atoms with Crippen molar-refractivity contribution in [1.82, 2.24) is 0 Å². The Hall–Kier alpha value is -8.98. The fourth-order valence-corrected chi connectivity index (χ4v) is 9.35. The summed E-state index contributed by atoms with van der Waals surface area (Å²) < 4.78 is 0. The molecule has 0 radical (unpaired) electrons. The second-order valence-electron chi connectivity index (χ2n) is 16.5. The van der Waals surface area contributed by atoms with E-state index < -0.39 is 0 Å². The third-order valence-electron chi connectivity index (χ3n) is 12.2. The molecule has 0 aromatic heterocycles. The molecule has 0 saturated carbocycles. The summed E-state index contributed by atoms with van der Waals surface area (Å²) >= 11 is 0. The van der Waals surface area contributed by atoms with Gasteiger partial charge in [0.05, 0.1) is 0 Å². The van der Waals surface area contributed by atoms with Crippen molar-refractivity contribution in [3.63, 3.8) is 0 Å². The molecule has 332 valence electrons. The van der Waals surface area contributed by atoms with E-state index in [0.717, 1.165) is 101 Å². The molecule has 0 unspecified atom stereocenters. The number of benzene rings is 9. The van der Waals surface area contributed by atoms with Crippen molar-refractivity contribution >= 4 is 22.7 Å². The highest BCUT2D eigenvalue weighted by Crippen LogP contribution is 2.56. The molecule has 9 rings (SSSR count). The van der Waals surface area contributed by atoms with Gasteiger partial charge in [-0.3, -0.25) is 0 Å². The monoisotopic (exact) mass is 886 g/mol. The standard InChI is InChI=1S/C67H54N2/c1-5-27-56(8-4)68(58-38-23-13-24-39-58)60-46-42-54(43-47-60)66-62(50-30-15-9-16-31-50)64(52-34-19-11-20-35-52)67(65(53-36-21-12-22-37-53)63(66)51-32-17-10-18-33-51)55-44-48-61(49-45-55)69(57(28-6-2)29-7-3)59-40-25-14-26-41-59/h5-49H,1-2,4H2,3H3/b29-7-,56-27+,57-28+. The predicted molar refractivity (Wildman–Crippen MR) is 298 cm³/mol. The summed E-state index contributed by atoms with van der Waals surface area (Å²) in [5, 5.41) is 0. The van der Waals surface area contributed by atoms with Crippen molar-refractivity contribution in [1.29, 1.82) is 0 Å². The van der Waals surface area contributed by atoms with Gasteiger partial charge in [0.1, 0.15) is 0 Å². The van der Waals surface area contributed by atoms with E-state index in [1.807, 2.05) is 37.3 Å². The Labute approximate surface area is 408 Å². The van der Waals surface area contributed by atoms with Gasteiger partial charge in [-0.05, 0) is 147 Å². The molecule has 0 amide bonds. The molecule has 0 N–H and O–H groups in total. The van der Waals surface area contributed by atoms with Crippen LogP contribution in [0.4, 0.5) is 22.7 Å². The van der Waals surface area contributed by atoms with Gasteiger partial charge in [-0.2, -0.15) is 0 Å². The molecule has 0 atom stereocenters. The van der Waals surface area contributed by atoms with Crippen LogP contribution in [-0.2, 0) is 0 Å². The van der Waals surface area contributed by atoms with Crippen LogP contribution in [0.5, 0.6) is 0 Å². The number of rotatable bonds is 16. The summed E-state index contributed by atoms with van der Waals surface area (Å²) in [6.07, 6.45) is 13.8. The first-order valence-corrected chi connectivity index (χ1v) is 23.4. The first-order chi connectivity index (χ1) is 34.1. The van der Waals surface area contributed by atoms with Crippen molar-refractivity contribution < 1.29 is 0 Å². The number of hydrogen-bond acceptors (Lipinski definition) is 2. The largest absolute Gasteiger partial charge is 0.311 e. The summed E-state index contributed by atoms with van der Waals surface area (Å²) in [6, 6.07) is 82.7. The second-order valence-corrected chi connectivity index (χ2v) is 16.5. The van der Waals surface area contributed by atoms with Crippen LogP contribution in [0.1, 0.15) is 6.92 Å². The molecule has 0 bridgehead atoms. The van der Waals surface area contributed by atoms with Gasteiger partial charge >= 0.3 is 0 Å². The molecule has 9 aromatic carbocycles. The first kappa shape index (κ1) is 45.2. The van der Waals surface area contributed by atoms with Gasteiger partial charge in [0, 0.05) is 34.1 Å². The smallest absolute Gasteiger partial charge is 0.0462 e. The Morgan fingerprint density at radius 3 is 0.826 bits per heavy atom. The van der Waals surface area contributed by atoms with Crippen molar-refractivity contribution in [2.75, 3.05) is 9.80 Å². The number of para-hydroxylation sites is 2. The molecule has 0 aliphatic carbocycles. The number of hydrogen-bond donors (Lipinski definition) is 0. The molecule has 0 saturated heterocycles. The van der Waals surface area contributed by atoms with E-state index in [-0.39, 0.29) is 0 Å². The molecular weight excluding hydrogens is 833 g/mol. The van der Waals surface area contributed by atoms with Crippen molar-refractivity contribution in [3.8, 4) is 66.8 Å². The van der Waals surface area contributed by atoms with Gasteiger partial charge in [0.2, 0.25) is 0 Å². The van der Waals surface area contributed by atoms with Crippen LogP contribution in [0, 0.1) is 0 Å². The Morgan fingerprint density at radius 1 is 0.304 bits per heavy atom. The van der Waals surface area contributed by atoms with Crippen LogP contribution in [0.15, 0.2) is 304 Å². The molecule has 2 heteroatoms. The molecule has 69 heavy (non-hydrogen) atoms. The van der Waals surface area contributed by atoms with E-state index in [2.05, 4.69) is 272 Å². The molecule has 0 heterocycles. The van der Waals surface area contributed by atoms with E-state index >= 15 is 0 Å². The first-order valence-electron chi connectivity index (χ1n) is 23.4. The lowest BCUT2D eigenvalue weighted by Gasteiger charge is -2.30. The lowest BCUT2D eigenvalue weighted by molar-refractivity contribution is 1.21. The molecular formula is C67H54N2. The van der Waals surface area contributed by atoms with Crippen molar-refractivity contribution in [2.24, 2.45) is 0 Å². The maximum Gasteiger partial charge on any atom is 0.0462 e. The number of anilines is 4. The molecule has 0 aliphatic rings. The minimum atomic E-state index is 0.925. The Kier molecular flexibility index (Phi) is 14.1. The van der Waals surface area contributed by atoms with E-state index in [0.29, 0.717) is 0 Å². The van der Waals surface area contributed by atoms with Crippen LogP contribution in [0.25, 0.3) is 66.8 Å². The fraction of sp³-hybridized carbons (Fsp3) is 0.0149.